The SMILES string of the molecule is CCCNC(=O)COc1ccc(C=O)cc1OC. The number of carbonyl (C=O) groups excluding carboxylic acids is 2. The number of hydrogen-bond donors (Lipinski definition) is 1. The van der Waals surface area contributed by atoms with E-state index < -0.39 is 0 Å². The summed E-state index contributed by atoms with van der Waals surface area (Å²) in [5.41, 5.74) is 0.495. The number of aldehydes is 1. The molecule has 0 spiro atoms. The van der Waals surface area contributed by atoms with Crippen molar-refractivity contribution >= 4 is 12.2 Å². The van der Waals surface area contributed by atoms with Crippen molar-refractivity contribution in [3.8, 4) is 11.5 Å². The fourth-order valence-corrected chi connectivity index (χ4v) is 1.34. The van der Waals surface area contributed by atoms with Crippen LogP contribution in [0.5, 0.6) is 11.5 Å². The van der Waals surface area contributed by atoms with Gasteiger partial charge in [-0.1, -0.05) is 6.92 Å². The van der Waals surface area contributed by atoms with Crippen LogP contribution in [0.2, 0.25) is 0 Å². The molecule has 0 aliphatic heterocycles. The third-order valence-corrected chi connectivity index (χ3v) is 2.25. The zero-order chi connectivity index (χ0) is 13.4. The van der Waals surface area contributed by atoms with E-state index in [1.807, 2.05) is 6.92 Å². The highest BCUT2D eigenvalue weighted by molar-refractivity contribution is 5.78. The van der Waals surface area contributed by atoms with E-state index in [1.54, 1.807) is 18.2 Å². The van der Waals surface area contributed by atoms with Crippen LogP contribution in [0.4, 0.5) is 0 Å². The lowest BCUT2D eigenvalue weighted by Crippen LogP contribution is -2.29. The molecule has 5 heteroatoms. The summed E-state index contributed by atoms with van der Waals surface area (Å²) in [7, 11) is 1.48. The average molecular weight is 251 g/mol. The van der Waals surface area contributed by atoms with Gasteiger partial charge in [0.05, 0.1) is 7.11 Å². The van der Waals surface area contributed by atoms with Gasteiger partial charge >= 0.3 is 0 Å². The van der Waals surface area contributed by atoms with Gasteiger partial charge in [0.15, 0.2) is 18.1 Å². The minimum Gasteiger partial charge on any atom is -0.493 e. The number of rotatable bonds is 7. The van der Waals surface area contributed by atoms with E-state index in [4.69, 9.17) is 9.47 Å². The van der Waals surface area contributed by atoms with Crippen LogP contribution in [0.25, 0.3) is 0 Å². The summed E-state index contributed by atoms with van der Waals surface area (Å²) in [6, 6.07) is 4.77. The van der Waals surface area contributed by atoms with E-state index in [-0.39, 0.29) is 12.5 Å². The first-order valence-corrected chi connectivity index (χ1v) is 5.74. The second kappa shape index (κ2) is 7.32. The van der Waals surface area contributed by atoms with Gasteiger partial charge in [-0.15, -0.1) is 0 Å². The molecule has 0 bridgehead atoms. The van der Waals surface area contributed by atoms with Gasteiger partial charge in [-0.3, -0.25) is 9.59 Å². The van der Waals surface area contributed by atoms with Gasteiger partial charge in [-0.05, 0) is 24.6 Å². The minimum absolute atomic E-state index is 0.0726. The van der Waals surface area contributed by atoms with Crippen molar-refractivity contribution in [2.24, 2.45) is 0 Å². The van der Waals surface area contributed by atoms with Gasteiger partial charge in [0.25, 0.3) is 5.91 Å². The number of nitrogens with one attached hydrogen (secondary N) is 1. The monoisotopic (exact) mass is 251 g/mol. The number of carbonyl (C=O) groups is 2. The van der Waals surface area contributed by atoms with Crippen molar-refractivity contribution in [3.63, 3.8) is 0 Å². The van der Waals surface area contributed by atoms with Crippen LogP contribution in [-0.4, -0.2) is 32.5 Å². The van der Waals surface area contributed by atoms with E-state index in [9.17, 15) is 9.59 Å². The Morgan fingerprint density at radius 3 is 2.78 bits per heavy atom. The molecule has 0 aliphatic carbocycles. The van der Waals surface area contributed by atoms with Gasteiger partial charge in [0.1, 0.15) is 6.29 Å². The fraction of sp³-hybridized carbons (Fsp3) is 0.385. The molecule has 0 fully saturated rings. The predicted octanol–water partition coefficient (Wildman–Crippen LogP) is 1.41. The lowest BCUT2D eigenvalue weighted by molar-refractivity contribution is -0.123. The smallest absolute Gasteiger partial charge is 0.257 e. The first-order chi connectivity index (χ1) is 8.71. The molecule has 0 unspecified atom stereocenters. The highest BCUT2D eigenvalue weighted by atomic mass is 16.5. The Hall–Kier alpha value is -2.04. The first kappa shape index (κ1) is 14.0. The highest BCUT2D eigenvalue weighted by Gasteiger charge is 2.07. The van der Waals surface area contributed by atoms with Crippen LogP contribution >= 0.6 is 0 Å². The Bertz CT molecular complexity index is 417. The third kappa shape index (κ3) is 4.08. The first-order valence-electron chi connectivity index (χ1n) is 5.74. The fourth-order valence-electron chi connectivity index (χ4n) is 1.34. The second-order valence-electron chi connectivity index (χ2n) is 3.67. The molecule has 98 valence electrons. The molecule has 1 aromatic rings. The Morgan fingerprint density at radius 1 is 1.39 bits per heavy atom. The topological polar surface area (TPSA) is 64.6 Å². The molecule has 0 aromatic heterocycles. The standard InChI is InChI=1S/C13H17NO4/c1-3-6-14-13(16)9-18-11-5-4-10(8-15)7-12(11)17-2/h4-5,7-8H,3,6,9H2,1-2H3,(H,14,16). The van der Waals surface area contributed by atoms with Crippen molar-refractivity contribution in [1.82, 2.24) is 5.32 Å². The van der Waals surface area contributed by atoms with E-state index >= 15 is 0 Å². The zero-order valence-corrected chi connectivity index (χ0v) is 10.6. The lowest BCUT2D eigenvalue weighted by Gasteiger charge is -2.10. The molecular weight excluding hydrogens is 234 g/mol. The second-order valence-corrected chi connectivity index (χ2v) is 3.67. The summed E-state index contributed by atoms with van der Waals surface area (Å²) in [5, 5.41) is 2.70. The van der Waals surface area contributed by atoms with Crippen LogP contribution in [0.1, 0.15) is 23.7 Å². The number of hydrogen-bond acceptors (Lipinski definition) is 4. The molecular formula is C13H17NO4. The Kier molecular flexibility index (Phi) is 5.70. The Labute approximate surface area is 106 Å². The van der Waals surface area contributed by atoms with Gasteiger partial charge in [-0.2, -0.15) is 0 Å². The van der Waals surface area contributed by atoms with E-state index in [0.29, 0.717) is 23.6 Å². The summed E-state index contributed by atoms with van der Waals surface area (Å²) in [6.07, 6.45) is 1.60. The lowest BCUT2D eigenvalue weighted by atomic mass is 10.2. The minimum atomic E-state index is -0.182. The van der Waals surface area contributed by atoms with Crippen molar-refractivity contribution in [3.05, 3.63) is 23.8 Å². The molecule has 1 N–H and O–H groups in total. The molecule has 0 atom stereocenters. The van der Waals surface area contributed by atoms with Crippen LogP contribution in [0, 0.1) is 0 Å². The maximum absolute atomic E-state index is 11.4. The molecule has 0 heterocycles. The van der Waals surface area contributed by atoms with Crippen molar-refractivity contribution < 1.29 is 19.1 Å². The summed E-state index contributed by atoms with van der Waals surface area (Å²) >= 11 is 0. The molecule has 18 heavy (non-hydrogen) atoms. The van der Waals surface area contributed by atoms with Crippen molar-refractivity contribution in [2.45, 2.75) is 13.3 Å². The molecule has 0 saturated carbocycles. The molecule has 0 aliphatic rings. The van der Waals surface area contributed by atoms with Crippen molar-refractivity contribution in [2.75, 3.05) is 20.3 Å². The summed E-state index contributed by atoms with van der Waals surface area (Å²) < 4.78 is 10.4. The summed E-state index contributed by atoms with van der Waals surface area (Å²) in [5.74, 6) is 0.691. The number of amides is 1. The number of ether oxygens (including phenoxy) is 2. The number of methoxy groups -OCH3 is 1. The average Bonchev–Trinajstić information content (AvgIpc) is 2.42. The molecule has 5 nitrogen and oxygen atoms in total. The van der Waals surface area contributed by atoms with E-state index in [1.165, 1.54) is 7.11 Å². The predicted molar refractivity (Wildman–Crippen MR) is 67.2 cm³/mol. The zero-order valence-electron chi connectivity index (χ0n) is 10.6. The summed E-state index contributed by atoms with van der Waals surface area (Å²) in [4.78, 5) is 22.0. The van der Waals surface area contributed by atoms with E-state index in [0.717, 1.165) is 12.7 Å². The maximum Gasteiger partial charge on any atom is 0.257 e. The summed E-state index contributed by atoms with van der Waals surface area (Å²) in [6.45, 7) is 2.53. The van der Waals surface area contributed by atoms with E-state index in [2.05, 4.69) is 5.32 Å². The largest absolute Gasteiger partial charge is 0.493 e. The normalized spacial score (nSPS) is 9.67. The van der Waals surface area contributed by atoms with Gasteiger partial charge in [-0.25, -0.2) is 0 Å². The highest BCUT2D eigenvalue weighted by Crippen LogP contribution is 2.27. The molecule has 1 amide bonds. The van der Waals surface area contributed by atoms with Crippen molar-refractivity contribution in [1.29, 1.82) is 0 Å². The molecule has 0 radical (unpaired) electrons. The molecule has 0 saturated heterocycles. The quantitative estimate of drug-likeness (QED) is 0.744. The molecule has 1 rings (SSSR count). The Morgan fingerprint density at radius 2 is 2.17 bits per heavy atom. The maximum atomic E-state index is 11.4. The number of benzene rings is 1. The van der Waals surface area contributed by atoms with Crippen LogP contribution < -0.4 is 14.8 Å². The third-order valence-electron chi connectivity index (χ3n) is 2.25. The van der Waals surface area contributed by atoms with Gasteiger partial charge in [0.2, 0.25) is 0 Å². The van der Waals surface area contributed by atoms with Crippen LogP contribution in [0.15, 0.2) is 18.2 Å². The van der Waals surface area contributed by atoms with Crippen LogP contribution in [-0.2, 0) is 4.79 Å². The van der Waals surface area contributed by atoms with Crippen LogP contribution in [0.3, 0.4) is 0 Å². The Balaban J connectivity index is 2.61. The van der Waals surface area contributed by atoms with Gasteiger partial charge < -0.3 is 14.8 Å². The molecule has 1 aromatic carbocycles. The van der Waals surface area contributed by atoms with Gasteiger partial charge in [0, 0.05) is 12.1 Å².